The van der Waals surface area contributed by atoms with E-state index in [1.165, 1.54) is 11.8 Å². The van der Waals surface area contributed by atoms with Gasteiger partial charge >= 0.3 is 12.1 Å². The van der Waals surface area contributed by atoms with Crippen LogP contribution in [0.2, 0.25) is 0 Å². The molecule has 6 nitrogen and oxygen atoms in total. The van der Waals surface area contributed by atoms with Crippen molar-refractivity contribution in [2.24, 2.45) is 0 Å². The van der Waals surface area contributed by atoms with E-state index >= 15 is 0 Å². The minimum atomic E-state index is -1.03. The van der Waals surface area contributed by atoms with Crippen LogP contribution in [0.15, 0.2) is 91.0 Å². The zero-order chi connectivity index (χ0) is 22.1. The summed E-state index contributed by atoms with van der Waals surface area (Å²) in [5, 5.41) is 8.96. The number of carbonyl (C=O) groups excluding carboxylic acids is 1. The number of hydrogen-bond acceptors (Lipinski definition) is 4. The van der Waals surface area contributed by atoms with Crippen LogP contribution in [0.4, 0.5) is 16.2 Å². The average molecular weight is 417 g/mol. The number of benzene rings is 3. The quantitative estimate of drug-likeness (QED) is 0.522. The van der Waals surface area contributed by atoms with Crippen molar-refractivity contribution in [3.63, 3.8) is 0 Å². The summed E-state index contributed by atoms with van der Waals surface area (Å²) >= 11 is 0. The summed E-state index contributed by atoms with van der Waals surface area (Å²) in [7, 11) is 0. The number of carboxylic acids is 1. The van der Waals surface area contributed by atoms with E-state index in [9.17, 15) is 9.59 Å². The molecule has 0 aliphatic heterocycles. The number of ether oxygens (including phenoxy) is 2. The van der Waals surface area contributed by atoms with E-state index in [2.05, 4.69) is 0 Å². The van der Waals surface area contributed by atoms with E-state index in [-0.39, 0.29) is 6.61 Å². The SMILES string of the molecule is CC(Oc1cccc(/C=C\COC(=O)N(c2ccccc2)c2ccccc2)c1)C(=O)O. The van der Waals surface area contributed by atoms with Crippen molar-refractivity contribution in [1.29, 1.82) is 0 Å². The summed E-state index contributed by atoms with van der Waals surface area (Å²) in [6.07, 6.45) is 2.06. The van der Waals surface area contributed by atoms with Crippen LogP contribution >= 0.6 is 0 Å². The predicted octanol–water partition coefficient (Wildman–Crippen LogP) is 5.53. The van der Waals surface area contributed by atoms with Crippen molar-refractivity contribution in [3.05, 3.63) is 96.6 Å². The molecule has 0 aliphatic carbocycles. The van der Waals surface area contributed by atoms with Crippen molar-refractivity contribution >= 4 is 29.5 Å². The van der Waals surface area contributed by atoms with Gasteiger partial charge in [0, 0.05) is 0 Å². The van der Waals surface area contributed by atoms with Gasteiger partial charge in [0.25, 0.3) is 0 Å². The van der Waals surface area contributed by atoms with Gasteiger partial charge in [-0.2, -0.15) is 0 Å². The first kappa shape index (κ1) is 21.6. The molecule has 31 heavy (non-hydrogen) atoms. The second-order valence-electron chi connectivity index (χ2n) is 6.66. The first-order chi connectivity index (χ1) is 15.0. The highest BCUT2D eigenvalue weighted by Crippen LogP contribution is 2.25. The fourth-order valence-corrected chi connectivity index (χ4v) is 2.83. The molecule has 1 N–H and O–H groups in total. The van der Waals surface area contributed by atoms with Gasteiger partial charge in [-0.05, 0) is 55.0 Å². The lowest BCUT2D eigenvalue weighted by Gasteiger charge is -2.22. The zero-order valence-corrected chi connectivity index (χ0v) is 17.0. The molecule has 0 aliphatic rings. The number of amides is 1. The van der Waals surface area contributed by atoms with Gasteiger partial charge in [0.1, 0.15) is 12.4 Å². The predicted molar refractivity (Wildman–Crippen MR) is 120 cm³/mol. The lowest BCUT2D eigenvalue weighted by Crippen LogP contribution is -2.26. The Kier molecular flexibility index (Phi) is 7.43. The van der Waals surface area contributed by atoms with E-state index in [1.54, 1.807) is 30.4 Å². The van der Waals surface area contributed by atoms with Gasteiger partial charge in [0.05, 0.1) is 11.4 Å². The van der Waals surface area contributed by atoms with E-state index < -0.39 is 18.2 Å². The third-order valence-electron chi connectivity index (χ3n) is 4.34. The number of carboxylic acid groups (broad SMARTS) is 1. The number of para-hydroxylation sites is 2. The summed E-state index contributed by atoms with van der Waals surface area (Å²) in [6.45, 7) is 1.54. The number of anilines is 2. The first-order valence-electron chi connectivity index (χ1n) is 9.77. The number of rotatable bonds is 8. The summed E-state index contributed by atoms with van der Waals surface area (Å²) in [5.74, 6) is -0.581. The smallest absolute Gasteiger partial charge is 0.419 e. The second kappa shape index (κ2) is 10.6. The van der Waals surface area contributed by atoms with Crippen LogP contribution in [0, 0.1) is 0 Å². The Bertz CT molecular complexity index is 995. The van der Waals surface area contributed by atoms with Gasteiger partial charge in [-0.3, -0.25) is 0 Å². The van der Waals surface area contributed by atoms with Crippen LogP contribution in [-0.4, -0.2) is 29.9 Å². The van der Waals surface area contributed by atoms with Crippen molar-refractivity contribution in [2.75, 3.05) is 11.5 Å². The third kappa shape index (κ3) is 6.21. The van der Waals surface area contributed by atoms with Crippen molar-refractivity contribution < 1.29 is 24.2 Å². The summed E-state index contributed by atoms with van der Waals surface area (Å²) < 4.78 is 10.8. The zero-order valence-electron chi connectivity index (χ0n) is 17.0. The maximum Gasteiger partial charge on any atom is 0.419 e. The highest BCUT2D eigenvalue weighted by Gasteiger charge is 2.18. The number of hydrogen-bond donors (Lipinski definition) is 1. The number of nitrogens with zero attached hydrogens (tertiary/aromatic N) is 1. The lowest BCUT2D eigenvalue weighted by atomic mass is 10.2. The Hall–Kier alpha value is -4.06. The van der Waals surface area contributed by atoms with Gasteiger partial charge in [-0.1, -0.05) is 54.6 Å². The normalized spacial score (nSPS) is 11.6. The largest absolute Gasteiger partial charge is 0.479 e. The highest BCUT2D eigenvalue weighted by atomic mass is 16.6. The molecule has 0 saturated heterocycles. The Morgan fingerprint density at radius 1 is 0.935 bits per heavy atom. The van der Waals surface area contributed by atoms with Crippen LogP contribution in [0.5, 0.6) is 5.75 Å². The molecule has 1 atom stereocenters. The molecule has 0 saturated carbocycles. The maximum atomic E-state index is 12.8. The Labute approximate surface area is 181 Å². The van der Waals surface area contributed by atoms with Gasteiger partial charge in [-0.15, -0.1) is 0 Å². The number of aliphatic carboxylic acids is 1. The summed E-state index contributed by atoms with van der Waals surface area (Å²) in [4.78, 5) is 25.2. The minimum Gasteiger partial charge on any atom is -0.479 e. The Balaban J connectivity index is 1.64. The lowest BCUT2D eigenvalue weighted by molar-refractivity contribution is -0.144. The van der Waals surface area contributed by atoms with Gasteiger partial charge in [0.15, 0.2) is 6.10 Å². The van der Waals surface area contributed by atoms with Crippen LogP contribution in [0.25, 0.3) is 6.08 Å². The van der Waals surface area contributed by atoms with E-state index in [4.69, 9.17) is 14.6 Å². The van der Waals surface area contributed by atoms with Crippen LogP contribution in [0.1, 0.15) is 12.5 Å². The second-order valence-corrected chi connectivity index (χ2v) is 6.66. The van der Waals surface area contributed by atoms with Crippen LogP contribution in [0.3, 0.4) is 0 Å². The monoisotopic (exact) mass is 417 g/mol. The molecule has 0 bridgehead atoms. The average Bonchev–Trinajstić information content (AvgIpc) is 2.78. The molecule has 1 amide bonds. The molecule has 0 spiro atoms. The van der Waals surface area contributed by atoms with E-state index in [1.807, 2.05) is 66.7 Å². The third-order valence-corrected chi connectivity index (χ3v) is 4.34. The summed E-state index contributed by atoms with van der Waals surface area (Å²) in [6, 6.07) is 25.6. The molecule has 3 rings (SSSR count). The molecule has 0 fully saturated rings. The summed E-state index contributed by atoms with van der Waals surface area (Å²) in [5.41, 5.74) is 2.22. The molecular weight excluding hydrogens is 394 g/mol. The molecule has 3 aromatic carbocycles. The van der Waals surface area contributed by atoms with E-state index in [0.29, 0.717) is 17.1 Å². The fraction of sp³-hybridized carbons (Fsp3) is 0.120. The Morgan fingerprint density at radius 3 is 2.13 bits per heavy atom. The molecule has 1 unspecified atom stereocenters. The molecule has 0 aromatic heterocycles. The van der Waals surface area contributed by atoms with Crippen LogP contribution < -0.4 is 9.64 Å². The molecule has 6 heteroatoms. The van der Waals surface area contributed by atoms with Crippen molar-refractivity contribution in [1.82, 2.24) is 0 Å². The van der Waals surface area contributed by atoms with E-state index in [0.717, 1.165) is 5.56 Å². The standard InChI is InChI=1S/C25H23NO5/c1-19(24(27)28)31-23-16-8-10-20(18-23)11-9-17-30-25(29)26(21-12-4-2-5-13-21)22-14-6-3-7-15-22/h2-16,18-19H,17H2,1H3,(H,27,28)/b11-9-. The van der Waals surface area contributed by atoms with Crippen molar-refractivity contribution in [3.8, 4) is 5.75 Å². The van der Waals surface area contributed by atoms with Gasteiger partial charge in [0.2, 0.25) is 0 Å². The van der Waals surface area contributed by atoms with Gasteiger partial charge in [-0.25, -0.2) is 14.5 Å². The van der Waals surface area contributed by atoms with Gasteiger partial charge < -0.3 is 14.6 Å². The molecular formula is C25H23NO5. The molecule has 0 radical (unpaired) electrons. The Morgan fingerprint density at radius 2 is 1.55 bits per heavy atom. The van der Waals surface area contributed by atoms with Crippen LogP contribution in [-0.2, 0) is 9.53 Å². The first-order valence-corrected chi connectivity index (χ1v) is 9.77. The molecule has 158 valence electrons. The minimum absolute atomic E-state index is 0.0750. The maximum absolute atomic E-state index is 12.8. The fourth-order valence-electron chi connectivity index (χ4n) is 2.83. The number of carbonyl (C=O) groups is 2. The molecule has 0 heterocycles. The highest BCUT2D eigenvalue weighted by molar-refractivity contribution is 5.95. The molecule has 3 aromatic rings. The topological polar surface area (TPSA) is 76.1 Å². The van der Waals surface area contributed by atoms with Crippen molar-refractivity contribution in [2.45, 2.75) is 13.0 Å².